The minimum atomic E-state index is -0.211. The standard InChI is InChI=1S/C24H25N5O/c25-15-19-9-4-5-11-21(19)23-22(18-7-2-1-3-8-18)27-17-29(23)14-13-28-12-6-10-20(16-28)24(26)30/h1-5,7-9,11,17,20H,6,10,12-14,16H2,(H2,26,30)/t20-/m1/s1. The van der Waals surface area contributed by atoms with E-state index in [1.165, 1.54) is 0 Å². The number of rotatable bonds is 6. The average molecular weight is 399 g/mol. The van der Waals surface area contributed by atoms with Crippen LogP contribution in [0.1, 0.15) is 18.4 Å². The molecule has 2 heterocycles. The fourth-order valence-corrected chi connectivity index (χ4v) is 4.17. The maximum absolute atomic E-state index is 11.6. The zero-order valence-electron chi connectivity index (χ0n) is 16.9. The van der Waals surface area contributed by atoms with E-state index in [-0.39, 0.29) is 11.8 Å². The van der Waals surface area contributed by atoms with E-state index in [1.807, 2.05) is 60.9 Å². The summed E-state index contributed by atoms with van der Waals surface area (Å²) in [5, 5.41) is 9.65. The van der Waals surface area contributed by atoms with Crippen molar-refractivity contribution in [3.63, 3.8) is 0 Å². The molecule has 0 saturated carbocycles. The first-order chi connectivity index (χ1) is 14.7. The number of benzene rings is 2. The molecule has 30 heavy (non-hydrogen) atoms. The van der Waals surface area contributed by atoms with Crippen LogP contribution in [0.15, 0.2) is 60.9 Å². The van der Waals surface area contributed by atoms with Crippen LogP contribution < -0.4 is 5.73 Å². The van der Waals surface area contributed by atoms with Gasteiger partial charge in [0.15, 0.2) is 0 Å². The molecule has 152 valence electrons. The molecule has 1 atom stereocenters. The van der Waals surface area contributed by atoms with E-state index >= 15 is 0 Å². The number of piperidine rings is 1. The third-order valence-electron chi connectivity index (χ3n) is 5.75. The molecule has 1 aliphatic heterocycles. The zero-order chi connectivity index (χ0) is 20.9. The lowest BCUT2D eigenvalue weighted by Gasteiger charge is -2.31. The van der Waals surface area contributed by atoms with E-state index in [0.717, 1.165) is 55.0 Å². The van der Waals surface area contributed by atoms with Crippen LogP contribution in [0, 0.1) is 17.2 Å². The van der Waals surface area contributed by atoms with E-state index in [1.54, 1.807) is 0 Å². The van der Waals surface area contributed by atoms with Crippen molar-refractivity contribution in [2.24, 2.45) is 11.7 Å². The molecule has 0 spiro atoms. The Morgan fingerprint density at radius 3 is 2.67 bits per heavy atom. The Labute approximate surface area is 176 Å². The highest BCUT2D eigenvalue weighted by Crippen LogP contribution is 2.33. The summed E-state index contributed by atoms with van der Waals surface area (Å²) in [4.78, 5) is 18.6. The third kappa shape index (κ3) is 4.12. The molecule has 1 aromatic heterocycles. The lowest BCUT2D eigenvalue weighted by Crippen LogP contribution is -2.42. The monoisotopic (exact) mass is 399 g/mol. The molecular formula is C24H25N5O. The quantitative estimate of drug-likeness (QED) is 0.689. The summed E-state index contributed by atoms with van der Waals surface area (Å²) in [6, 6.07) is 20.0. The Bertz CT molecular complexity index is 1070. The van der Waals surface area contributed by atoms with Crippen LogP contribution in [-0.4, -0.2) is 40.0 Å². The SMILES string of the molecule is N#Cc1ccccc1-c1c(-c2ccccc2)ncn1CCN1CCC[C@@H](C(N)=O)C1. The van der Waals surface area contributed by atoms with Crippen LogP contribution in [0.5, 0.6) is 0 Å². The van der Waals surface area contributed by atoms with Crippen molar-refractivity contribution in [2.75, 3.05) is 19.6 Å². The summed E-state index contributed by atoms with van der Waals surface area (Å²) in [5.74, 6) is -0.280. The number of carbonyl (C=O) groups is 1. The lowest BCUT2D eigenvalue weighted by molar-refractivity contribution is -0.123. The molecule has 6 nitrogen and oxygen atoms in total. The maximum atomic E-state index is 11.6. The molecule has 2 aromatic carbocycles. The van der Waals surface area contributed by atoms with Crippen LogP contribution >= 0.6 is 0 Å². The molecule has 0 bridgehead atoms. The normalized spacial score (nSPS) is 16.8. The zero-order valence-corrected chi connectivity index (χ0v) is 16.9. The molecule has 0 aliphatic carbocycles. The Kier molecular flexibility index (Phi) is 5.92. The lowest BCUT2D eigenvalue weighted by atomic mass is 9.97. The molecule has 3 aromatic rings. The molecule has 1 amide bonds. The van der Waals surface area contributed by atoms with Crippen LogP contribution in [-0.2, 0) is 11.3 Å². The topological polar surface area (TPSA) is 87.9 Å². The second kappa shape index (κ2) is 8.93. The molecule has 1 fully saturated rings. The van der Waals surface area contributed by atoms with Gasteiger partial charge in [-0.05, 0) is 25.5 Å². The third-order valence-corrected chi connectivity index (χ3v) is 5.75. The highest BCUT2D eigenvalue weighted by atomic mass is 16.1. The first kappa shape index (κ1) is 19.9. The minimum absolute atomic E-state index is 0.0693. The van der Waals surface area contributed by atoms with E-state index in [9.17, 15) is 10.1 Å². The number of nitriles is 1. The Morgan fingerprint density at radius 2 is 1.90 bits per heavy atom. The number of carbonyl (C=O) groups excluding carboxylic acids is 1. The molecular weight excluding hydrogens is 374 g/mol. The first-order valence-corrected chi connectivity index (χ1v) is 10.3. The van der Waals surface area contributed by atoms with Crippen molar-refractivity contribution >= 4 is 5.91 Å². The second-order valence-corrected chi connectivity index (χ2v) is 7.70. The van der Waals surface area contributed by atoms with Crippen LogP contribution in [0.2, 0.25) is 0 Å². The second-order valence-electron chi connectivity index (χ2n) is 7.70. The highest BCUT2D eigenvalue weighted by molar-refractivity contribution is 5.81. The van der Waals surface area contributed by atoms with Gasteiger partial charge in [0.05, 0.1) is 35.3 Å². The van der Waals surface area contributed by atoms with E-state index in [4.69, 9.17) is 10.7 Å². The number of amides is 1. The van der Waals surface area contributed by atoms with Crippen molar-refractivity contribution in [1.82, 2.24) is 14.5 Å². The minimum Gasteiger partial charge on any atom is -0.369 e. The van der Waals surface area contributed by atoms with E-state index in [0.29, 0.717) is 12.1 Å². The van der Waals surface area contributed by atoms with Gasteiger partial charge < -0.3 is 15.2 Å². The predicted octanol–water partition coefficient (Wildman–Crippen LogP) is 3.29. The van der Waals surface area contributed by atoms with Gasteiger partial charge in [-0.1, -0.05) is 48.5 Å². The number of imidazole rings is 1. The van der Waals surface area contributed by atoms with Crippen molar-refractivity contribution in [2.45, 2.75) is 19.4 Å². The number of aromatic nitrogens is 2. The number of likely N-dealkylation sites (tertiary alicyclic amines) is 1. The molecule has 1 saturated heterocycles. The number of primary amides is 1. The fourth-order valence-electron chi connectivity index (χ4n) is 4.17. The van der Waals surface area contributed by atoms with Gasteiger partial charge in [0.25, 0.3) is 0 Å². The van der Waals surface area contributed by atoms with Crippen molar-refractivity contribution in [1.29, 1.82) is 5.26 Å². The van der Waals surface area contributed by atoms with Crippen LogP contribution in [0.4, 0.5) is 0 Å². The molecule has 2 N–H and O–H groups in total. The Morgan fingerprint density at radius 1 is 1.13 bits per heavy atom. The number of nitrogens with two attached hydrogens (primary N) is 1. The van der Waals surface area contributed by atoms with Crippen LogP contribution in [0.3, 0.4) is 0 Å². The summed E-state index contributed by atoms with van der Waals surface area (Å²) in [6.07, 6.45) is 3.70. The van der Waals surface area contributed by atoms with Gasteiger partial charge in [-0.2, -0.15) is 5.26 Å². The summed E-state index contributed by atoms with van der Waals surface area (Å²) < 4.78 is 2.12. The maximum Gasteiger partial charge on any atom is 0.221 e. The van der Waals surface area contributed by atoms with Crippen molar-refractivity contribution in [3.8, 4) is 28.6 Å². The summed E-state index contributed by atoms with van der Waals surface area (Å²) in [7, 11) is 0. The number of hydrogen-bond donors (Lipinski definition) is 1. The van der Waals surface area contributed by atoms with E-state index in [2.05, 4.69) is 15.5 Å². The van der Waals surface area contributed by atoms with Gasteiger partial charge in [0.2, 0.25) is 5.91 Å². The van der Waals surface area contributed by atoms with Gasteiger partial charge in [0.1, 0.15) is 0 Å². The Balaban J connectivity index is 1.66. The fraction of sp³-hybridized carbons (Fsp3) is 0.292. The van der Waals surface area contributed by atoms with Crippen LogP contribution in [0.25, 0.3) is 22.5 Å². The summed E-state index contributed by atoms with van der Waals surface area (Å²) >= 11 is 0. The predicted molar refractivity (Wildman–Crippen MR) is 116 cm³/mol. The van der Waals surface area contributed by atoms with E-state index < -0.39 is 0 Å². The number of hydrogen-bond acceptors (Lipinski definition) is 4. The molecule has 1 aliphatic rings. The summed E-state index contributed by atoms with van der Waals surface area (Å²) in [6.45, 7) is 3.20. The van der Waals surface area contributed by atoms with Gasteiger partial charge in [-0.3, -0.25) is 4.79 Å². The summed E-state index contributed by atoms with van der Waals surface area (Å²) in [5.41, 5.74) is 9.87. The largest absolute Gasteiger partial charge is 0.369 e. The first-order valence-electron chi connectivity index (χ1n) is 10.3. The molecule has 0 unspecified atom stereocenters. The van der Waals surface area contributed by atoms with Gasteiger partial charge in [0, 0.05) is 30.8 Å². The van der Waals surface area contributed by atoms with Gasteiger partial charge in [-0.15, -0.1) is 0 Å². The van der Waals surface area contributed by atoms with Gasteiger partial charge in [-0.25, -0.2) is 4.98 Å². The van der Waals surface area contributed by atoms with Gasteiger partial charge >= 0.3 is 0 Å². The van der Waals surface area contributed by atoms with Crippen molar-refractivity contribution < 1.29 is 4.79 Å². The average Bonchev–Trinajstić information content (AvgIpc) is 3.22. The molecule has 6 heteroatoms. The van der Waals surface area contributed by atoms with Crippen molar-refractivity contribution in [3.05, 3.63) is 66.5 Å². The highest BCUT2D eigenvalue weighted by Gasteiger charge is 2.24. The molecule has 4 rings (SSSR count). The smallest absolute Gasteiger partial charge is 0.221 e. The number of nitrogens with zero attached hydrogens (tertiary/aromatic N) is 4. The Hall–Kier alpha value is -3.43. The molecule has 0 radical (unpaired) electrons.